The molecule has 0 aliphatic heterocycles. The van der Waals surface area contributed by atoms with Gasteiger partial charge in [-0.15, -0.1) is 0 Å². The molecule has 0 aromatic heterocycles. The lowest BCUT2D eigenvalue weighted by atomic mass is 10.3. The number of hydrogen-bond acceptors (Lipinski definition) is 0. The van der Waals surface area contributed by atoms with Crippen LogP contribution in [0.5, 0.6) is 0 Å². The van der Waals surface area contributed by atoms with E-state index in [0.717, 1.165) is 0 Å². The molecule has 0 bridgehead atoms. The largest absolute Gasteiger partial charge is 0.422 e. The van der Waals surface area contributed by atoms with Crippen molar-refractivity contribution < 1.29 is 26.3 Å². The Hall–Kier alpha value is -2.68. The van der Waals surface area contributed by atoms with Gasteiger partial charge in [-0.2, -0.15) is 26.3 Å². The summed E-state index contributed by atoms with van der Waals surface area (Å²) < 4.78 is 86.1. The van der Waals surface area contributed by atoms with Gasteiger partial charge in [0.25, 0.3) is 0 Å². The van der Waals surface area contributed by atoms with Crippen LogP contribution in [0.4, 0.5) is 26.3 Å². The molecule has 4 aromatic carbocycles. The van der Waals surface area contributed by atoms with Crippen molar-refractivity contribution in [1.29, 1.82) is 0 Å². The molecule has 0 radical (unpaired) electrons. The summed E-state index contributed by atoms with van der Waals surface area (Å²) in [5.74, 6) is 0. The van der Waals surface area contributed by atoms with E-state index in [-0.39, 0.29) is 12.6 Å². The number of rotatable bonds is 10. The molecule has 0 saturated carbocycles. The number of halogens is 6. The molecule has 1 unspecified atom stereocenters. The van der Waals surface area contributed by atoms with Gasteiger partial charge in [-0.1, -0.05) is 72.8 Å². The average molecular weight is 593 g/mol. The highest BCUT2D eigenvalue weighted by atomic mass is 31.2. The molecule has 1 atom stereocenters. The van der Waals surface area contributed by atoms with Crippen molar-refractivity contribution in [2.75, 3.05) is 18.5 Å². The summed E-state index contributed by atoms with van der Waals surface area (Å²) >= 11 is 0. The second-order valence-electron chi connectivity index (χ2n) is 10.1. The zero-order valence-electron chi connectivity index (χ0n) is 22.1. The lowest BCUT2D eigenvalue weighted by Gasteiger charge is -2.35. The molecule has 8 heteroatoms. The molecule has 0 heterocycles. The van der Waals surface area contributed by atoms with E-state index in [4.69, 9.17) is 0 Å². The van der Waals surface area contributed by atoms with Crippen LogP contribution >= 0.6 is 14.5 Å². The fourth-order valence-electron chi connectivity index (χ4n) is 5.70. The van der Waals surface area contributed by atoms with Crippen molar-refractivity contribution in [2.45, 2.75) is 31.4 Å². The molecule has 40 heavy (non-hydrogen) atoms. The molecule has 0 saturated heterocycles. The minimum atomic E-state index is -4.45. The van der Waals surface area contributed by atoms with Crippen molar-refractivity contribution in [3.8, 4) is 0 Å². The third-order valence-electron chi connectivity index (χ3n) is 7.49. The number of alkyl halides is 6. The van der Waals surface area contributed by atoms with E-state index < -0.39 is 44.9 Å². The molecule has 0 N–H and O–H groups in total. The van der Waals surface area contributed by atoms with Crippen LogP contribution in [0.3, 0.4) is 0 Å². The van der Waals surface area contributed by atoms with E-state index in [0.29, 0.717) is 21.2 Å². The summed E-state index contributed by atoms with van der Waals surface area (Å²) in [7, 11) is -6.19. The van der Waals surface area contributed by atoms with Gasteiger partial charge in [0.05, 0.1) is 47.6 Å². The van der Waals surface area contributed by atoms with Gasteiger partial charge in [0, 0.05) is 6.42 Å². The standard InChI is InChI=1S/C32H32F6P2/c1-26(40(25-32(36,37)38,29-18-10-4-11-19-29)30-20-12-5-13-21-30)22-23-39(24-31(33,34)35,27-14-6-2-7-15-27)28-16-8-3-9-17-28/h2-21,26H,22-25H2,1H3/q+2. The Kier molecular flexibility index (Phi) is 9.43. The predicted octanol–water partition coefficient (Wildman–Crippen LogP) is 8.23. The summed E-state index contributed by atoms with van der Waals surface area (Å²) in [5, 5.41) is 2.46. The maximum atomic E-state index is 14.4. The monoisotopic (exact) mass is 592 g/mol. The zero-order valence-corrected chi connectivity index (χ0v) is 23.9. The van der Waals surface area contributed by atoms with E-state index in [1.807, 2.05) is 0 Å². The quantitative estimate of drug-likeness (QED) is 0.129. The van der Waals surface area contributed by atoms with E-state index >= 15 is 0 Å². The van der Waals surface area contributed by atoms with Gasteiger partial charge < -0.3 is 0 Å². The SMILES string of the molecule is CC(CC[P+](CC(F)(F)F)(c1ccccc1)c1ccccc1)[P+](CC(F)(F)F)(c1ccccc1)c1ccccc1. The molecule has 4 aromatic rings. The second-order valence-corrected chi connectivity index (χ2v) is 17.8. The Bertz CT molecular complexity index is 1250. The van der Waals surface area contributed by atoms with Crippen LogP contribution in [-0.4, -0.2) is 36.5 Å². The van der Waals surface area contributed by atoms with Crippen LogP contribution in [-0.2, 0) is 0 Å². The van der Waals surface area contributed by atoms with Crippen molar-refractivity contribution in [2.24, 2.45) is 0 Å². The Balaban J connectivity index is 1.87. The van der Waals surface area contributed by atoms with E-state index in [9.17, 15) is 26.3 Å². The van der Waals surface area contributed by atoms with E-state index in [2.05, 4.69) is 0 Å². The summed E-state index contributed by atoms with van der Waals surface area (Å²) in [6.07, 6.45) is -10.5. The van der Waals surface area contributed by atoms with Crippen LogP contribution in [0.25, 0.3) is 0 Å². The fraction of sp³-hybridized carbons (Fsp3) is 0.250. The van der Waals surface area contributed by atoms with E-state index in [1.54, 1.807) is 128 Å². The first-order valence-electron chi connectivity index (χ1n) is 13.1. The van der Waals surface area contributed by atoms with Crippen molar-refractivity contribution in [3.05, 3.63) is 121 Å². The first-order valence-corrected chi connectivity index (χ1v) is 17.3. The second kappa shape index (κ2) is 12.5. The summed E-state index contributed by atoms with van der Waals surface area (Å²) in [5.41, 5.74) is -0.515. The summed E-state index contributed by atoms with van der Waals surface area (Å²) in [6.45, 7) is 1.80. The van der Waals surface area contributed by atoms with Gasteiger partial charge in [-0.25, -0.2) is 0 Å². The third-order valence-corrected chi connectivity index (χ3v) is 17.0. The van der Waals surface area contributed by atoms with Gasteiger partial charge in [-0.3, -0.25) is 0 Å². The highest BCUT2D eigenvalue weighted by Gasteiger charge is 2.58. The molecule has 0 fully saturated rings. The summed E-state index contributed by atoms with van der Waals surface area (Å²) in [6, 6.07) is 34.9. The van der Waals surface area contributed by atoms with Crippen LogP contribution in [0.2, 0.25) is 0 Å². The van der Waals surface area contributed by atoms with Gasteiger partial charge in [-0.05, 0) is 55.5 Å². The normalized spacial score (nSPS) is 13.7. The molecule has 4 rings (SSSR count). The van der Waals surface area contributed by atoms with Gasteiger partial charge in [0.15, 0.2) is 12.3 Å². The molecule has 0 nitrogen and oxygen atoms in total. The van der Waals surface area contributed by atoms with Crippen molar-refractivity contribution in [1.82, 2.24) is 0 Å². The van der Waals surface area contributed by atoms with E-state index in [1.165, 1.54) is 0 Å². The number of hydrogen-bond donors (Lipinski definition) is 0. The Morgan fingerprint density at radius 3 is 1.15 bits per heavy atom. The van der Waals surface area contributed by atoms with Gasteiger partial charge >= 0.3 is 12.4 Å². The lowest BCUT2D eigenvalue weighted by Crippen LogP contribution is -2.39. The Labute approximate surface area is 233 Å². The van der Waals surface area contributed by atoms with Crippen LogP contribution in [0.15, 0.2) is 121 Å². The first kappa shape index (κ1) is 30.3. The van der Waals surface area contributed by atoms with Gasteiger partial charge in [0.2, 0.25) is 0 Å². The maximum Gasteiger partial charge on any atom is 0.422 e. The fourth-order valence-corrected chi connectivity index (χ4v) is 14.7. The molecular weight excluding hydrogens is 560 g/mol. The van der Waals surface area contributed by atoms with Crippen molar-refractivity contribution in [3.63, 3.8) is 0 Å². The molecule has 0 amide bonds. The highest BCUT2D eigenvalue weighted by Crippen LogP contribution is 2.67. The minimum absolute atomic E-state index is 0.154. The Morgan fingerprint density at radius 2 is 0.825 bits per heavy atom. The molecular formula is C32H32F6P2+2. The molecule has 210 valence electrons. The lowest BCUT2D eigenvalue weighted by molar-refractivity contribution is -0.107. The Morgan fingerprint density at radius 1 is 0.500 bits per heavy atom. The smallest absolute Gasteiger partial charge is 0.167 e. The van der Waals surface area contributed by atoms with Crippen LogP contribution in [0.1, 0.15) is 13.3 Å². The minimum Gasteiger partial charge on any atom is -0.167 e. The summed E-state index contributed by atoms with van der Waals surface area (Å²) in [4.78, 5) is 0. The molecule has 0 aliphatic rings. The third kappa shape index (κ3) is 6.96. The van der Waals surface area contributed by atoms with Crippen molar-refractivity contribution >= 4 is 35.7 Å². The maximum absolute atomic E-state index is 14.4. The predicted molar refractivity (Wildman–Crippen MR) is 159 cm³/mol. The van der Waals surface area contributed by atoms with Crippen LogP contribution < -0.4 is 21.2 Å². The average Bonchev–Trinajstić information content (AvgIpc) is 2.94. The zero-order chi connectivity index (χ0) is 28.9. The molecule has 0 spiro atoms. The topological polar surface area (TPSA) is 0 Å². The first-order chi connectivity index (χ1) is 19.0. The van der Waals surface area contributed by atoms with Crippen LogP contribution in [0, 0.1) is 0 Å². The number of benzene rings is 4. The highest BCUT2D eigenvalue weighted by molar-refractivity contribution is 7.91. The molecule has 0 aliphatic carbocycles. The van der Waals surface area contributed by atoms with Gasteiger partial charge in [0.1, 0.15) is 0 Å².